The molecule has 2 rings (SSSR count). The summed E-state index contributed by atoms with van der Waals surface area (Å²) in [6.07, 6.45) is 1.90. The zero-order chi connectivity index (χ0) is 10.8. The van der Waals surface area contributed by atoms with Gasteiger partial charge in [0.05, 0.1) is 12.6 Å². The van der Waals surface area contributed by atoms with Gasteiger partial charge in [0.15, 0.2) is 0 Å². The molecule has 0 saturated heterocycles. The Morgan fingerprint density at radius 2 is 2.31 bits per heavy atom. The van der Waals surface area contributed by atoms with Crippen LogP contribution in [0, 0.1) is 0 Å². The first-order valence-electron chi connectivity index (χ1n) is 4.98. The average Bonchev–Trinajstić information content (AvgIpc) is 2.60. The molecular weight excluding hydrogens is 247 g/mol. The lowest BCUT2D eigenvalue weighted by Crippen LogP contribution is -2.32. The molecule has 1 aliphatic carbocycles. The van der Waals surface area contributed by atoms with E-state index in [1.54, 1.807) is 0 Å². The summed E-state index contributed by atoms with van der Waals surface area (Å²) >= 11 is 5.90. The van der Waals surface area contributed by atoms with Gasteiger partial charge in [0.2, 0.25) is 5.91 Å². The molecule has 1 amide bonds. The number of hydrogen-bond acceptors (Lipinski definition) is 2. The number of amides is 1. The van der Waals surface area contributed by atoms with Crippen molar-refractivity contribution in [1.82, 2.24) is 5.32 Å². The molecule has 5 heteroatoms. The van der Waals surface area contributed by atoms with Gasteiger partial charge in [0, 0.05) is 5.02 Å². The number of carbonyl (C=O) groups is 1. The molecule has 0 saturated carbocycles. The van der Waals surface area contributed by atoms with Crippen molar-refractivity contribution in [2.45, 2.75) is 18.9 Å². The molecule has 1 unspecified atom stereocenters. The molecule has 0 aromatic heterocycles. The monoisotopic (exact) mass is 260 g/mol. The molecule has 16 heavy (non-hydrogen) atoms. The highest BCUT2D eigenvalue weighted by molar-refractivity contribution is 6.30. The smallest absolute Gasteiger partial charge is 0.234 e. The van der Waals surface area contributed by atoms with Crippen LogP contribution in [0.2, 0.25) is 5.02 Å². The highest BCUT2D eigenvalue weighted by Crippen LogP contribution is 2.32. The number of halogens is 2. The van der Waals surface area contributed by atoms with E-state index in [1.165, 1.54) is 11.1 Å². The largest absolute Gasteiger partial charge is 0.348 e. The summed E-state index contributed by atoms with van der Waals surface area (Å²) in [5, 5.41) is 3.65. The fraction of sp³-hybridized carbons (Fsp3) is 0.364. The molecule has 0 heterocycles. The minimum atomic E-state index is -0.109. The summed E-state index contributed by atoms with van der Waals surface area (Å²) in [6.45, 7) is 0.0411. The maximum Gasteiger partial charge on any atom is 0.234 e. The van der Waals surface area contributed by atoms with E-state index < -0.39 is 0 Å². The Labute approximate surface area is 106 Å². The van der Waals surface area contributed by atoms with Gasteiger partial charge in [-0.25, -0.2) is 0 Å². The normalized spacial score (nSPS) is 17.5. The zero-order valence-electron chi connectivity index (χ0n) is 8.70. The predicted octanol–water partition coefficient (Wildman–Crippen LogP) is 1.82. The van der Waals surface area contributed by atoms with Gasteiger partial charge in [-0.3, -0.25) is 4.79 Å². The fourth-order valence-electron chi connectivity index (χ4n) is 1.99. The van der Waals surface area contributed by atoms with Crippen LogP contribution < -0.4 is 11.1 Å². The SMILES string of the molecule is Cl.NCC(=O)NC1CCc2cc(Cl)ccc21. The number of benzene rings is 1. The standard InChI is InChI=1S/C11H13ClN2O.ClH/c12-8-2-3-9-7(5-8)1-4-10(9)14-11(15)6-13;/h2-3,5,10H,1,4,6,13H2,(H,14,15);1H. The van der Waals surface area contributed by atoms with Crippen molar-refractivity contribution < 1.29 is 4.79 Å². The van der Waals surface area contributed by atoms with Crippen molar-refractivity contribution in [1.29, 1.82) is 0 Å². The first kappa shape index (κ1) is 13.3. The van der Waals surface area contributed by atoms with Crippen molar-refractivity contribution in [3.63, 3.8) is 0 Å². The Balaban J connectivity index is 0.00000128. The second-order valence-electron chi connectivity index (χ2n) is 3.71. The van der Waals surface area contributed by atoms with Crippen LogP contribution in [-0.4, -0.2) is 12.5 Å². The number of carbonyl (C=O) groups excluding carboxylic acids is 1. The summed E-state index contributed by atoms with van der Waals surface area (Å²) in [5.41, 5.74) is 7.66. The highest BCUT2D eigenvalue weighted by Gasteiger charge is 2.23. The Kier molecular flexibility index (Phi) is 4.59. The molecule has 0 bridgehead atoms. The third-order valence-corrected chi connectivity index (χ3v) is 2.94. The number of aryl methyl sites for hydroxylation is 1. The number of rotatable bonds is 2. The molecule has 0 spiro atoms. The van der Waals surface area contributed by atoms with E-state index in [9.17, 15) is 4.79 Å². The number of nitrogens with two attached hydrogens (primary N) is 1. The van der Waals surface area contributed by atoms with E-state index in [-0.39, 0.29) is 30.9 Å². The fourth-order valence-corrected chi connectivity index (χ4v) is 2.18. The summed E-state index contributed by atoms with van der Waals surface area (Å²) in [4.78, 5) is 11.2. The van der Waals surface area contributed by atoms with Gasteiger partial charge in [0.1, 0.15) is 0 Å². The van der Waals surface area contributed by atoms with Gasteiger partial charge >= 0.3 is 0 Å². The quantitative estimate of drug-likeness (QED) is 0.853. The maximum atomic E-state index is 11.2. The van der Waals surface area contributed by atoms with Crippen LogP contribution in [0.1, 0.15) is 23.6 Å². The van der Waals surface area contributed by atoms with Crippen molar-refractivity contribution >= 4 is 29.9 Å². The second kappa shape index (κ2) is 5.53. The number of nitrogens with one attached hydrogen (secondary N) is 1. The van der Waals surface area contributed by atoms with Crippen LogP contribution in [-0.2, 0) is 11.2 Å². The van der Waals surface area contributed by atoms with Gasteiger partial charge in [-0.15, -0.1) is 12.4 Å². The van der Waals surface area contributed by atoms with E-state index in [4.69, 9.17) is 17.3 Å². The number of fused-ring (bicyclic) bond motifs is 1. The molecule has 3 N–H and O–H groups in total. The molecule has 88 valence electrons. The third kappa shape index (κ3) is 2.67. The average molecular weight is 261 g/mol. The van der Waals surface area contributed by atoms with Gasteiger partial charge in [-0.2, -0.15) is 0 Å². The van der Waals surface area contributed by atoms with E-state index in [0.717, 1.165) is 17.9 Å². The minimum absolute atomic E-state index is 0. The predicted molar refractivity (Wildman–Crippen MR) is 67.0 cm³/mol. The Morgan fingerprint density at radius 3 is 3.00 bits per heavy atom. The molecule has 0 aliphatic heterocycles. The zero-order valence-corrected chi connectivity index (χ0v) is 10.3. The van der Waals surface area contributed by atoms with Crippen molar-refractivity contribution in [3.8, 4) is 0 Å². The van der Waals surface area contributed by atoms with Crippen molar-refractivity contribution in [3.05, 3.63) is 34.3 Å². The van der Waals surface area contributed by atoms with Crippen molar-refractivity contribution in [2.24, 2.45) is 5.73 Å². The van der Waals surface area contributed by atoms with Gasteiger partial charge in [-0.1, -0.05) is 17.7 Å². The Bertz CT molecular complexity index is 396. The number of hydrogen-bond donors (Lipinski definition) is 2. The Hall–Kier alpha value is -0.770. The van der Waals surface area contributed by atoms with E-state index in [1.807, 2.05) is 18.2 Å². The van der Waals surface area contributed by atoms with Gasteiger partial charge in [-0.05, 0) is 36.1 Å². The van der Waals surface area contributed by atoms with Crippen LogP contribution >= 0.6 is 24.0 Å². The van der Waals surface area contributed by atoms with Crippen LogP contribution in [0.4, 0.5) is 0 Å². The molecule has 1 atom stereocenters. The Morgan fingerprint density at radius 1 is 1.56 bits per heavy atom. The lowest BCUT2D eigenvalue weighted by molar-refractivity contribution is -0.120. The van der Waals surface area contributed by atoms with Crippen LogP contribution in [0.5, 0.6) is 0 Å². The van der Waals surface area contributed by atoms with Crippen LogP contribution in [0.3, 0.4) is 0 Å². The van der Waals surface area contributed by atoms with Gasteiger partial charge < -0.3 is 11.1 Å². The first-order valence-corrected chi connectivity index (χ1v) is 5.36. The highest BCUT2D eigenvalue weighted by atomic mass is 35.5. The molecule has 1 aromatic carbocycles. The van der Waals surface area contributed by atoms with E-state index in [2.05, 4.69) is 5.32 Å². The second-order valence-corrected chi connectivity index (χ2v) is 4.14. The summed E-state index contributed by atoms with van der Waals surface area (Å²) in [6, 6.07) is 5.90. The summed E-state index contributed by atoms with van der Waals surface area (Å²) in [7, 11) is 0. The molecule has 0 fully saturated rings. The molecule has 3 nitrogen and oxygen atoms in total. The third-order valence-electron chi connectivity index (χ3n) is 2.70. The van der Waals surface area contributed by atoms with E-state index >= 15 is 0 Å². The lowest BCUT2D eigenvalue weighted by atomic mass is 10.1. The molecule has 1 aromatic rings. The summed E-state index contributed by atoms with van der Waals surface area (Å²) < 4.78 is 0. The molecule has 0 radical (unpaired) electrons. The minimum Gasteiger partial charge on any atom is -0.348 e. The van der Waals surface area contributed by atoms with Crippen LogP contribution in [0.25, 0.3) is 0 Å². The molecular formula is C11H14Cl2N2O. The lowest BCUT2D eigenvalue weighted by Gasteiger charge is -2.13. The van der Waals surface area contributed by atoms with E-state index in [0.29, 0.717) is 0 Å². The summed E-state index contributed by atoms with van der Waals surface area (Å²) in [5.74, 6) is -0.109. The van der Waals surface area contributed by atoms with Crippen LogP contribution in [0.15, 0.2) is 18.2 Å². The van der Waals surface area contributed by atoms with Crippen molar-refractivity contribution in [2.75, 3.05) is 6.54 Å². The van der Waals surface area contributed by atoms with Gasteiger partial charge in [0.25, 0.3) is 0 Å². The molecule has 1 aliphatic rings. The first-order chi connectivity index (χ1) is 7.20. The maximum absolute atomic E-state index is 11.2. The topological polar surface area (TPSA) is 55.1 Å².